The molecule has 1 fully saturated rings. The van der Waals surface area contributed by atoms with Gasteiger partial charge in [0, 0.05) is 12.6 Å². The number of carbonyl (C=O) groups excluding carboxylic acids is 1. The van der Waals surface area contributed by atoms with Gasteiger partial charge in [-0.25, -0.2) is 0 Å². The summed E-state index contributed by atoms with van der Waals surface area (Å²) in [5, 5.41) is 3.06. The van der Waals surface area contributed by atoms with Crippen LogP contribution in [0, 0.1) is 6.92 Å². The quantitative estimate of drug-likeness (QED) is 0.793. The Morgan fingerprint density at radius 1 is 1.38 bits per heavy atom. The van der Waals surface area contributed by atoms with Crippen LogP contribution in [0.25, 0.3) is 0 Å². The Balaban J connectivity index is 1.84. The van der Waals surface area contributed by atoms with Gasteiger partial charge in [0.1, 0.15) is 11.5 Å². The van der Waals surface area contributed by atoms with E-state index in [1.807, 2.05) is 13.0 Å². The first-order chi connectivity index (χ1) is 11.5. The highest BCUT2D eigenvalue weighted by atomic mass is 16.3. The molecule has 1 unspecified atom stereocenters. The summed E-state index contributed by atoms with van der Waals surface area (Å²) >= 11 is 0. The summed E-state index contributed by atoms with van der Waals surface area (Å²) in [5.41, 5.74) is 0.675. The molecule has 0 saturated carbocycles. The van der Waals surface area contributed by atoms with Crippen molar-refractivity contribution in [2.45, 2.75) is 59.0 Å². The maximum absolute atomic E-state index is 12.4. The third kappa shape index (κ3) is 5.08. The molecule has 24 heavy (non-hydrogen) atoms. The lowest BCUT2D eigenvalue weighted by Gasteiger charge is -2.32. The molecule has 0 aromatic carbocycles. The van der Waals surface area contributed by atoms with Gasteiger partial charge < -0.3 is 14.6 Å². The van der Waals surface area contributed by atoms with E-state index in [9.17, 15) is 4.79 Å². The number of amides is 1. The summed E-state index contributed by atoms with van der Waals surface area (Å²) in [7, 11) is 2.19. The van der Waals surface area contributed by atoms with Crippen LogP contribution in [-0.4, -0.2) is 55.0 Å². The highest BCUT2D eigenvalue weighted by Crippen LogP contribution is 2.18. The summed E-state index contributed by atoms with van der Waals surface area (Å²) in [6.45, 7) is 10.8. The van der Waals surface area contributed by atoms with Crippen molar-refractivity contribution in [2.75, 3.05) is 33.2 Å². The van der Waals surface area contributed by atoms with E-state index < -0.39 is 0 Å². The summed E-state index contributed by atoms with van der Waals surface area (Å²) in [6, 6.07) is 2.50. The van der Waals surface area contributed by atoms with Crippen LogP contribution in [-0.2, 0) is 6.54 Å². The van der Waals surface area contributed by atoms with E-state index in [-0.39, 0.29) is 5.91 Å². The molecule has 1 atom stereocenters. The van der Waals surface area contributed by atoms with Crippen LogP contribution < -0.4 is 5.32 Å². The summed E-state index contributed by atoms with van der Waals surface area (Å²) in [4.78, 5) is 17.1. The number of furan rings is 1. The first-order valence-electron chi connectivity index (χ1n) is 9.35. The van der Waals surface area contributed by atoms with Crippen molar-refractivity contribution in [1.82, 2.24) is 15.1 Å². The first-order valence-corrected chi connectivity index (χ1v) is 9.35. The second-order valence-electron chi connectivity index (χ2n) is 6.82. The van der Waals surface area contributed by atoms with Crippen LogP contribution >= 0.6 is 0 Å². The highest BCUT2D eigenvalue weighted by Gasteiger charge is 2.20. The van der Waals surface area contributed by atoms with Gasteiger partial charge in [-0.05, 0) is 58.9 Å². The number of piperidine rings is 1. The largest absolute Gasteiger partial charge is 0.464 e. The van der Waals surface area contributed by atoms with Crippen LogP contribution in [0.2, 0.25) is 0 Å². The van der Waals surface area contributed by atoms with Crippen molar-refractivity contribution in [3.8, 4) is 0 Å². The Labute approximate surface area is 146 Å². The lowest BCUT2D eigenvalue weighted by Crippen LogP contribution is -2.39. The average molecular weight is 335 g/mol. The lowest BCUT2D eigenvalue weighted by atomic mass is 10.0. The van der Waals surface area contributed by atoms with Gasteiger partial charge in [-0.2, -0.15) is 0 Å². The molecule has 0 radical (unpaired) electrons. The third-order valence-corrected chi connectivity index (χ3v) is 5.17. The Hall–Kier alpha value is -1.33. The molecule has 0 spiro atoms. The number of aryl methyl sites for hydroxylation is 1. The van der Waals surface area contributed by atoms with Gasteiger partial charge in [-0.15, -0.1) is 0 Å². The van der Waals surface area contributed by atoms with Gasteiger partial charge in [0.25, 0.3) is 5.91 Å². The lowest BCUT2D eigenvalue weighted by molar-refractivity contribution is 0.0944. The number of hydrogen-bond acceptors (Lipinski definition) is 4. The molecule has 1 N–H and O–H groups in total. The minimum atomic E-state index is -0.0134. The predicted molar refractivity (Wildman–Crippen MR) is 97.3 cm³/mol. The molecule has 1 aromatic rings. The standard InChI is InChI=1S/C19H33N3O2/c1-5-22(6-2)14-17-13-18(15(3)24-17)19(23)20-11-10-16-9-7-8-12-21(16)4/h13,16H,5-12,14H2,1-4H3,(H,20,23). The Morgan fingerprint density at radius 2 is 2.12 bits per heavy atom. The van der Waals surface area contributed by atoms with Crippen LogP contribution in [0.15, 0.2) is 10.5 Å². The molecule has 136 valence electrons. The van der Waals surface area contributed by atoms with E-state index in [1.54, 1.807) is 0 Å². The zero-order valence-corrected chi connectivity index (χ0v) is 15.7. The van der Waals surface area contributed by atoms with Crippen molar-refractivity contribution >= 4 is 5.91 Å². The van der Waals surface area contributed by atoms with Gasteiger partial charge >= 0.3 is 0 Å². The second-order valence-corrected chi connectivity index (χ2v) is 6.82. The van der Waals surface area contributed by atoms with Crippen molar-refractivity contribution in [3.05, 3.63) is 23.2 Å². The molecular weight excluding hydrogens is 302 g/mol. The smallest absolute Gasteiger partial charge is 0.254 e. The Bertz CT molecular complexity index is 523. The van der Waals surface area contributed by atoms with E-state index in [4.69, 9.17) is 4.42 Å². The van der Waals surface area contributed by atoms with E-state index in [0.717, 1.165) is 38.4 Å². The predicted octanol–water partition coefficient (Wildman–Crippen LogP) is 3.03. The molecule has 1 aliphatic heterocycles. The molecule has 5 nitrogen and oxygen atoms in total. The van der Waals surface area contributed by atoms with Gasteiger partial charge in [0.05, 0.1) is 12.1 Å². The average Bonchev–Trinajstić information content (AvgIpc) is 2.94. The number of nitrogens with one attached hydrogen (secondary N) is 1. The topological polar surface area (TPSA) is 48.7 Å². The van der Waals surface area contributed by atoms with Gasteiger partial charge in [-0.1, -0.05) is 20.3 Å². The van der Waals surface area contributed by atoms with Crippen LogP contribution in [0.5, 0.6) is 0 Å². The number of rotatable bonds is 8. The number of hydrogen-bond donors (Lipinski definition) is 1. The fraction of sp³-hybridized carbons (Fsp3) is 0.737. The summed E-state index contributed by atoms with van der Waals surface area (Å²) < 4.78 is 5.77. The minimum absolute atomic E-state index is 0.0134. The van der Waals surface area contributed by atoms with Crippen molar-refractivity contribution in [2.24, 2.45) is 0 Å². The molecular formula is C19H33N3O2. The Kier molecular flexibility index (Phi) is 7.31. The zero-order chi connectivity index (χ0) is 17.5. The fourth-order valence-electron chi connectivity index (χ4n) is 3.47. The van der Waals surface area contributed by atoms with E-state index in [0.29, 0.717) is 17.4 Å². The van der Waals surface area contributed by atoms with Gasteiger partial charge in [-0.3, -0.25) is 9.69 Å². The van der Waals surface area contributed by atoms with Gasteiger partial charge in [0.2, 0.25) is 0 Å². The molecule has 0 aliphatic carbocycles. The first kappa shape index (κ1) is 19.0. The molecule has 1 aliphatic rings. The number of nitrogens with zero attached hydrogens (tertiary/aromatic N) is 2. The molecule has 5 heteroatoms. The molecule has 0 bridgehead atoms. The van der Waals surface area contributed by atoms with Crippen LogP contribution in [0.1, 0.15) is 61.4 Å². The normalized spacial score (nSPS) is 19.0. The van der Waals surface area contributed by atoms with Gasteiger partial charge in [0.15, 0.2) is 0 Å². The maximum Gasteiger partial charge on any atom is 0.254 e. The third-order valence-electron chi connectivity index (χ3n) is 5.17. The minimum Gasteiger partial charge on any atom is -0.464 e. The van der Waals surface area contributed by atoms with Crippen LogP contribution in [0.3, 0.4) is 0 Å². The molecule has 1 amide bonds. The summed E-state index contributed by atoms with van der Waals surface area (Å²) in [5.74, 6) is 1.57. The number of carbonyl (C=O) groups is 1. The maximum atomic E-state index is 12.4. The van der Waals surface area contributed by atoms with Crippen molar-refractivity contribution < 1.29 is 9.21 Å². The fourth-order valence-corrected chi connectivity index (χ4v) is 3.47. The van der Waals surface area contributed by atoms with E-state index >= 15 is 0 Å². The molecule has 2 heterocycles. The van der Waals surface area contributed by atoms with Crippen LogP contribution in [0.4, 0.5) is 0 Å². The van der Waals surface area contributed by atoms with Crippen molar-refractivity contribution in [3.63, 3.8) is 0 Å². The summed E-state index contributed by atoms with van der Waals surface area (Å²) in [6.07, 6.45) is 4.86. The second kappa shape index (κ2) is 9.23. The van der Waals surface area contributed by atoms with Crippen molar-refractivity contribution in [1.29, 1.82) is 0 Å². The highest BCUT2D eigenvalue weighted by molar-refractivity contribution is 5.95. The SMILES string of the molecule is CCN(CC)Cc1cc(C(=O)NCCC2CCCCN2C)c(C)o1. The molecule has 2 rings (SSSR count). The number of likely N-dealkylation sites (tertiary alicyclic amines) is 1. The zero-order valence-electron chi connectivity index (χ0n) is 15.7. The van der Waals surface area contributed by atoms with E-state index in [2.05, 4.69) is 36.0 Å². The monoisotopic (exact) mass is 335 g/mol. The molecule has 1 saturated heterocycles. The van der Waals surface area contributed by atoms with E-state index in [1.165, 1.54) is 25.8 Å². The molecule has 1 aromatic heterocycles. The Morgan fingerprint density at radius 3 is 2.79 bits per heavy atom.